The monoisotopic (exact) mass is 290 g/mol. The first-order chi connectivity index (χ1) is 5.42. The van der Waals surface area contributed by atoms with Crippen LogP contribution < -0.4 is 0 Å². The Morgan fingerprint density at radius 1 is 1.42 bits per heavy atom. The second-order valence-electron chi connectivity index (χ2n) is 2.38. The minimum Gasteiger partial charge on any atom is -0.278 e. The van der Waals surface area contributed by atoms with E-state index in [0.717, 1.165) is 10.8 Å². The fraction of sp³-hybridized carbons (Fsp3) is 0.125. The Morgan fingerprint density at radius 2 is 2.25 bits per heavy atom. The Bertz CT molecular complexity index is 370. The molecule has 0 aliphatic rings. The van der Waals surface area contributed by atoms with E-state index in [1.54, 1.807) is 0 Å². The van der Waals surface area contributed by atoms with Gasteiger partial charge in [0, 0.05) is 10.7 Å². The summed E-state index contributed by atoms with van der Waals surface area (Å²) in [6.45, 7) is 0. The van der Waals surface area contributed by atoms with Gasteiger partial charge in [-0.3, -0.25) is 5.10 Å². The molecule has 12 heavy (non-hydrogen) atoms. The smallest absolute Gasteiger partial charge is 0.0690 e. The molecule has 64 valence electrons. The number of alkyl halides is 1. The largest absolute Gasteiger partial charge is 0.278 e. The Kier molecular flexibility index (Phi) is 3.29. The second kappa shape index (κ2) is 4.05. The number of fused-ring (bicyclic) bond motifs is 1. The summed E-state index contributed by atoms with van der Waals surface area (Å²) in [7, 11) is 0. The van der Waals surface area contributed by atoms with Crippen LogP contribution in [0.5, 0.6) is 0 Å². The molecule has 0 bridgehead atoms. The van der Waals surface area contributed by atoms with E-state index in [1.807, 2.05) is 18.3 Å². The van der Waals surface area contributed by atoms with Crippen molar-refractivity contribution >= 4 is 43.8 Å². The molecule has 1 heterocycles. The molecule has 0 saturated carbocycles. The third kappa shape index (κ3) is 1.54. The van der Waals surface area contributed by atoms with Crippen LogP contribution >= 0.6 is 32.9 Å². The molecule has 1 N–H and O–H groups in total. The van der Waals surface area contributed by atoms with Crippen LogP contribution in [0, 0.1) is 0 Å². The van der Waals surface area contributed by atoms with E-state index < -0.39 is 0 Å². The predicted molar refractivity (Wildman–Crippen MR) is 59.0 cm³/mol. The summed E-state index contributed by atoms with van der Waals surface area (Å²) < 4.78 is 0. The molecule has 0 unspecified atom stereocenters. The molecule has 0 fully saturated rings. The van der Waals surface area contributed by atoms with Gasteiger partial charge in [-0.15, -0.1) is 17.0 Å². The van der Waals surface area contributed by atoms with Gasteiger partial charge in [-0.25, -0.2) is 0 Å². The Morgan fingerprint density at radius 3 is 3.00 bits per heavy atom. The third-order valence-corrected chi connectivity index (χ3v) is 2.31. The van der Waals surface area contributed by atoms with Crippen molar-refractivity contribution in [3.05, 3.63) is 30.0 Å². The quantitative estimate of drug-likeness (QED) is 0.804. The summed E-state index contributed by atoms with van der Waals surface area (Å²) in [6, 6.07) is 6.16. The van der Waals surface area contributed by atoms with Gasteiger partial charge in [0.1, 0.15) is 0 Å². The lowest BCUT2D eigenvalue weighted by Crippen LogP contribution is -1.78. The zero-order chi connectivity index (χ0) is 7.68. The molecule has 0 saturated heterocycles. The van der Waals surface area contributed by atoms with Crippen LogP contribution in [0.25, 0.3) is 10.9 Å². The van der Waals surface area contributed by atoms with Gasteiger partial charge in [-0.1, -0.05) is 34.1 Å². The maximum atomic E-state index is 3.96. The Labute approximate surface area is 89.3 Å². The Hall–Kier alpha value is -0.350. The summed E-state index contributed by atoms with van der Waals surface area (Å²) in [5, 5.41) is 8.96. The number of H-pyrrole nitrogens is 1. The number of nitrogens with one attached hydrogen (secondary N) is 1. The van der Waals surface area contributed by atoms with Gasteiger partial charge in [-0.05, 0) is 5.56 Å². The van der Waals surface area contributed by atoms with Crippen LogP contribution in [0.4, 0.5) is 0 Å². The lowest BCUT2D eigenvalue weighted by Gasteiger charge is -1.94. The molecule has 0 aliphatic carbocycles. The number of aromatic nitrogens is 2. The van der Waals surface area contributed by atoms with Crippen LogP contribution in [-0.4, -0.2) is 10.2 Å². The molecule has 0 radical (unpaired) electrons. The zero-order valence-corrected chi connectivity index (χ0v) is 9.55. The van der Waals surface area contributed by atoms with Crippen molar-refractivity contribution < 1.29 is 0 Å². The standard InChI is InChI=1S/C8H7BrN2.BrH/c9-4-6-2-1-3-7-5-10-11-8(6)7;/h1-3,5H,4H2,(H,10,11);1H. The lowest BCUT2D eigenvalue weighted by molar-refractivity contribution is 1.11. The van der Waals surface area contributed by atoms with Gasteiger partial charge < -0.3 is 0 Å². The van der Waals surface area contributed by atoms with Crippen molar-refractivity contribution in [2.24, 2.45) is 0 Å². The number of nitrogens with zero attached hydrogens (tertiary/aromatic N) is 1. The zero-order valence-electron chi connectivity index (χ0n) is 6.25. The van der Waals surface area contributed by atoms with Gasteiger partial charge in [-0.2, -0.15) is 5.10 Å². The number of para-hydroxylation sites is 1. The molecule has 2 rings (SSSR count). The van der Waals surface area contributed by atoms with Gasteiger partial charge in [0.15, 0.2) is 0 Å². The maximum Gasteiger partial charge on any atom is 0.0690 e. The predicted octanol–water partition coefficient (Wildman–Crippen LogP) is 3.04. The lowest BCUT2D eigenvalue weighted by atomic mass is 10.2. The first-order valence-electron chi connectivity index (χ1n) is 3.39. The molecule has 4 heteroatoms. The second-order valence-corrected chi connectivity index (χ2v) is 2.95. The van der Waals surface area contributed by atoms with Crippen LogP contribution in [0.2, 0.25) is 0 Å². The van der Waals surface area contributed by atoms with E-state index in [1.165, 1.54) is 10.9 Å². The van der Waals surface area contributed by atoms with Crippen LogP contribution in [0.15, 0.2) is 24.4 Å². The first-order valence-corrected chi connectivity index (χ1v) is 4.51. The highest BCUT2D eigenvalue weighted by atomic mass is 79.9. The van der Waals surface area contributed by atoms with E-state index in [2.05, 4.69) is 32.2 Å². The molecule has 0 amide bonds. The minimum atomic E-state index is 0. The van der Waals surface area contributed by atoms with Crippen LogP contribution in [0.3, 0.4) is 0 Å². The van der Waals surface area contributed by atoms with Crippen LogP contribution in [-0.2, 0) is 5.33 Å². The first kappa shape index (κ1) is 9.74. The normalized spacial score (nSPS) is 9.75. The average molecular weight is 292 g/mol. The van der Waals surface area contributed by atoms with Crippen molar-refractivity contribution in [1.29, 1.82) is 0 Å². The highest BCUT2D eigenvalue weighted by Gasteiger charge is 1.98. The van der Waals surface area contributed by atoms with Crippen molar-refractivity contribution in [3.63, 3.8) is 0 Å². The van der Waals surface area contributed by atoms with E-state index in [4.69, 9.17) is 0 Å². The fourth-order valence-corrected chi connectivity index (χ4v) is 1.61. The maximum absolute atomic E-state index is 3.96. The highest BCUT2D eigenvalue weighted by Crippen LogP contribution is 2.17. The van der Waals surface area contributed by atoms with Gasteiger partial charge in [0.25, 0.3) is 0 Å². The van der Waals surface area contributed by atoms with Crippen molar-refractivity contribution in [1.82, 2.24) is 10.2 Å². The van der Waals surface area contributed by atoms with Gasteiger partial charge in [0.05, 0.1) is 11.7 Å². The molecule has 0 aliphatic heterocycles. The van der Waals surface area contributed by atoms with Gasteiger partial charge >= 0.3 is 0 Å². The number of rotatable bonds is 1. The minimum absolute atomic E-state index is 0. The van der Waals surface area contributed by atoms with E-state index in [9.17, 15) is 0 Å². The SMILES string of the molecule is Br.BrCc1cccc2cn[nH]c12. The number of hydrogen-bond acceptors (Lipinski definition) is 1. The number of halogens is 2. The summed E-state index contributed by atoms with van der Waals surface area (Å²) >= 11 is 3.42. The van der Waals surface area contributed by atoms with E-state index in [-0.39, 0.29) is 17.0 Å². The van der Waals surface area contributed by atoms with E-state index in [0.29, 0.717) is 0 Å². The molecular formula is C8H8Br2N2. The summed E-state index contributed by atoms with van der Waals surface area (Å²) in [6.07, 6.45) is 1.83. The molecule has 1 aromatic heterocycles. The number of aromatic amines is 1. The van der Waals surface area contributed by atoms with Crippen LogP contribution in [0.1, 0.15) is 5.56 Å². The molecular weight excluding hydrogens is 284 g/mol. The fourth-order valence-electron chi connectivity index (χ4n) is 1.14. The Balaban J connectivity index is 0.000000720. The van der Waals surface area contributed by atoms with E-state index >= 15 is 0 Å². The molecule has 0 atom stereocenters. The molecule has 1 aromatic carbocycles. The summed E-state index contributed by atoms with van der Waals surface area (Å²) in [5.74, 6) is 0. The number of hydrogen-bond donors (Lipinski definition) is 1. The summed E-state index contributed by atoms with van der Waals surface area (Å²) in [5.41, 5.74) is 2.38. The molecule has 0 spiro atoms. The average Bonchev–Trinajstić information content (AvgIpc) is 2.50. The van der Waals surface area contributed by atoms with Gasteiger partial charge in [0.2, 0.25) is 0 Å². The number of benzene rings is 1. The van der Waals surface area contributed by atoms with Crippen molar-refractivity contribution in [2.75, 3.05) is 0 Å². The van der Waals surface area contributed by atoms with Crippen molar-refractivity contribution in [3.8, 4) is 0 Å². The van der Waals surface area contributed by atoms with Crippen molar-refractivity contribution in [2.45, 2.75) is 5.33 Å². The topological polar surface area (TPSA) is 28.7 Å². The third-order valence-electron chi connectivity index (χ3n) is 1.71. The molecule has 2 aromatic rings. The highest BCUT2D eigenvalue weighted by molar-refractivity contribution is 9.08. The molecule has 2 nitrogen and oxygen atoms in total. The summed E-state index contributed by atoms with van der Waals surface area (Å²) in [4.78, 5) is 0.